The fourth-order valence-electron chi connectivity index (χ4n) is 2.86. The van der Waals surface area contributed by atoms with Crippen molar-refractivity contribution in [3.05, 3.63) is 52.7 Å². The average Bonchev–Trinajstić information content (AvgIpc) is 3.20. The monoisotopic (exact) mass is 418 g/mol. The van der Waals surface area contributed by atoms with E-state index in [1.807, 2.05) is 32.9 Å². The zero-order chi connectivity index (χ0) is 20.6. The highest BCUT2D eigenvalue weighted by molar-refractivity contribution is 7.90. The van der Waals surface area contributed by atoms with Crippen molar-refractivity contribution in [2.75, 3.05) is 11.2 Å². The number of furan rings is 1. The highest BCUT2D eigenvalue weighted by atomic mass is 32.2. The maximum Gasteiger partial charge on any atom is 0.270 e. The van der Waals surface area contributed by atoms with E-state index in [0.717, 1.165) is 12.0 Å². The summed E-state index contributed by atoms with van der Waals surface area (Å²) in [6.07, 6.45) is 1.16. The van der Waals surface area contributed by atoms with E-state index >= 15 is 0 Å². The Bertz CT molecular complexity index is 1110. The molecule has 8 heteroatoms. The molecule has 148 valence electrons. The second-order valence-corrected chi connectivity index (χ2v) is 9.89. The third-order valence-electron chi connectivity index (χ3n) is 4.22. The molecule has 0 aliphatic rings. The number of nitrogens with zero attached hydrogens (tertiary/aromatic N) is 2. The number of hydrogen-bond donors (Lipinski definition) is 0. The van der Waals surface area contributed by atoms with Crippen molar-refractivity contribution >= 4 is 32.8 Å². The molecule has 2 aromatic heterocycles. The minimum atomic E-state index is -3.29. The standard InChI is InChI=1S/C20H22N2O4S2/c1-12(2)22(15-7-9-16(10-8-15)28(5,24)25)20(23)18-14(4)21-19(27-18)17-11-6-13(3)26-17/h6-12H,1-5H3. The Morgan fingerprint density at radius 3 is 2.25 bits per heavy atom. The van der Waals surface area contributed by atoms with Crippen LogP contribution in [0, 0.1) is 13.8 Å². The first kappa shape index (κ1) is 20.3. The lowest BCUT2D eigenvalue weighted by Gasteiger charge is -2.26. The molecule has 0 fully saturated rings. The molecule has 0 aliphatic carbocycles. The van der Waals surface area contributed by atoms with Crippen LogP contribution in [0.2, 0.25) is 0 Å². The number of thiazole rings is 1. The molecular formula is C20H22N2O4S2. The van der Waals surface area contributed by atoms with E-state index in [9.17, 15) is 13.2 Å². The number of carbonyl (C=O) groups excluding carboxylic acids is 1. The third kappa shape index (κ3) is 4.02. The van der Waals surface area contributed by atoms with Gasteiger partial charge in [-0.3, -0.25) is 4.79 Å². The zero-order valence-electron chi connectivity index (χ0n) is 16.4. The molecule has 2 heterocycles. The van der Waals surface area contributed by atoms with Crippen molar-refractivity contribution in [1.29, 1.82) is 0 Å². The highest BCUT2D eigenvalue weighted by Crippen LogP contribution is 2.32. The number of anilines is 1. The Balaban J connectivity index is 1.97. The first-order chi connectivity index (χ1) is 13.1. The van der Waals surface area contributed by atoms with Gasteiger partial charge in [-0.15, -0.1) is 11.3 Å². The average molecular weight is 419 g/mol. The second-order valence-electron chi connectivity index (χ2n) is 6.88. The number of aromatic nitrogens is 1. The highest BCUT2D eigenvalue weighted by Gasteiger charge is 2.26. The Morgan fingerprint density at radius 1 is 1.11 bits per heavy atom. The van der Waals surface area contributed by atoms with Gasteiger partial charge in [-0.25, -0.2) is 13.4 Å². The lowest BCUT2D eigenvalue weighted by molar-refractivity contribution is 0.0983. The van der Waals surface area contributed by atoms with Gasteiger partial charge < -0.3 is 9.32 Å². The maximum atomic E-state index is 13.3. The lowest BCUT2D eigenvalue weighted by atomic mass is 10.2. The van der Waals surface area contributed by atoms with Crippen molar-refractivity contribution in [3.8, 4) is 10.8 Å². The van der Waals surface area contributed by atoms with Gasteiger partial charge in [0.1, 0.15) is 10.6 Å². The smallest absolute Gasteiger partial charge is 0.270 e. The first-order valence-corrected chi connectivity index (χ1v) is 11.5. The Hall–Kier alpha value is -2.45. The fourth-order valence-corrected chi connectivity index (χ4v) is 4.46. The quantitative estimate of drug-likeness (QED) is 0.610. The van der Waals surface area contributed by atoms with Crippen LogP contribution in [0.15, 0.2) is 45.7 Å². The van der Waals surface area contributed by atoms with Gasteiger partial charge in [-0.1, -0.05) is 0 Å². The van der Waals surface area contributed by atoms with Crippen molar-refractivity contribution in [2.24, 2.45) is 0 Å². The largest absolute Gasteiger partial charge is 0.459 e. The Kier molecular flexibility index (Phi) is 5.45. The summed E-state index contributed by atoms with van der Waals surface area (Å²) in [6, 6.07) is 9.92. The van der Waals surface area contributed by atoms with E-state index in [2.05, 4.69) is 4.98 Å². The van der Waals surface area contributed by atoms with Gasteiger partial charge in [-0.05, 0) is 64.1 Å². The van der Waals surface area contributed by atoms with Gasteiger partial charge >= 0.3 is 0 Å². The first-order valence-electron chi connectivity index (χ1n) is 8.76. The third-order valence-corrected chi connectivity index (χ3v) is 6.51. The van der Waals surface area contributed by atoms with Gasteiger partial charge in [-0.2, -0.15) is 0 Å². The molecule has 0 spiro atoms. The number of rotatable bonds is 5. The van der Waals surface area contributed by atoms with Crippen LogP contribution in [0.1, 0.15) is 35.0 Å². The van der Waals surface area contributed by atoms with E-state index < -0.39 is 9.84 Å². The number of hydrogen-bond acceptors (Lipinski definition) is 6. The molecule has 0 N–H and O–H groups in total. The predicted octanol–water partition coefficient (Wildman–Crippen LogP) is 4.48. The van der Waals surface area contributed by atoms with E-state index in [4.69, 9.17) is 4.42 Å². The number of aryl methyl sites for hydroxylation is 2. The van der Waals surface area contributed by atoms with Crippen LogP contribution in [-0.2, 0) is 9.84 Å². The van der Waals surface area contributed by atoms with Crippen LogP contribution in [0.4, 0.5) is 5.69 Å². The number of benzene rings is 1. The fraction of sp³-hybridized carbons (Fsp3) is 0.300. The molecule has 0 aliphatic heterocycles. The minimum Gasteiger partial charge on any atom is -0.459 e. The van der Waals surface area contributed by atoms with Crippen LogP contribution < -0.4 is 4.90 Å². The van der Waals surface area contributed by atoms with Crippen LogP contribution in [-0.4, -0.2) is 31.6 Å². The number of sulfone groups is 1. The van der Waals surface area contributed by atoms with Crippen LogP contribution in [0.5, 0.6) is 0 Å². The van der Waals surface area contributed by atoms with Crippen LogP contribution in [0.25, 0.3) is 10.8 Å². The summed E-state index contributed by atoms with van der Waals surface area (Å²) in [6.45, 7) is 7.48. The minimum absolute atomic E-state index is 0.118. The van der Waals surface area contributed by atoms with Crippen LogP contribution in [0.3, 0.4) is 0 Å². The molecule has 1 amide bonds. The molecule has 0 atom stereocenters. The molecule has 28 heavy (non-hydrogen) atoms. The Labute approximate surface area is 168 Å². The topological polar surface area (TPSA) is 80.5 Å². The number of amides is 1. The molecule has 0 bridgehead atoms. The maximum absolute atomic E-state index is 13.3. The SMILES string of the molecule is Cc1ccc(-c2nc(C)c(C(=O)N(c3ccc(S(C)(=O)=O)cc3)C(C)C)s2)o1. The molecular weight excluding hydrogens is 396 g/mol. The summed E-state index contributed by atoms with van der Waals surface area (Å²) >= 11 is 1.29. The molecule has 3 rings (SSSR count). The summed E-state index contributed by atoms with van der Waals surface area (Å²) in [5, 5.41) is 0.657. The molecule has 6 nitrogen and oxygen atoms in total. The van der Waals surface area contributed by atoms with Crippen molar-refractivity contribution < 1.29 is 17.6 Å². The molecule has 0 saturated heterocycles. The van der Waals surface area contributed by atoms with E-state index in [1.165, 1.54) is 23.5 Å². The summed E-state index contributed by atoms with van der Waals surface area (Å²) in [4.78, 5) is 20.2. The molecule has 0 unspecified atom stereocenters. The summed E-state index contributed by atoms with van der Waals surface area (Å²) < 4.78 is 29.0. The van der Waals surface area contributed by atoms with Crippen LogP contribution >= 0.6 is 11.3 Å². The summed E-state index contributed by atoms with van der Waals surface area (Å²) in [5.74, 6) is 1.25. The normalized spacial score (nSPS) is 11.8. The lowest BCUT2D eigenvalue weighted by Crippen LogP contribution is -2.37. The molecule has 0 saturated carbocycles. The number of carbonyl (C=O) groups is 1. The van der Waals surface area contributed by atoms with Gasteiger partial charge in [0.05, 0.1) is 10.6 Å². The van der Waals surface area contributed by atoms with Crippen molar-refractivity contribution in [3.63, 3.8) is 0 Å². The Morgan fingerprint density at radius 2 is 1.75 bits per heavy atom. The van der Waals surface area contributed by atoms with Gasteiger partial charge in [0.25, 0.3) is 5.91 Å². The zero-order valence-corrected chi connectivity index (χ0v) is 18.0. The van der Waals surface area contributed by atoms with E-state index in [0.29, 0.717) is 27.0 Å². The van der Waals surface area contributed by atoms with Crippen molar-refractivity contribution in [2.45, 2.75) is 38.6 Å². The summed E-state index contributed by atoms with van der Waals surface area (Å²) in [7, 11) is -3.29. The van der Waals surface area contributed by atoms with Gasteiger partial charge in [0.15, 0.2) is 20.6 Å². The molecule has 3 aromatic rings. The molecule has 0 radical (unpaired) electrons. The molecule has 1 aromatic carbocycles. The predicted molar refractivity (Wildman–Crippen MR) is 111 cm³/mol. The van der Waals surface area contributed by atoms with E-state index in [1.54, 1.807) is 24.0 Å². The van der Waals surface area contributed by atoms with E-state index in [-0.39, 0.29) is 16.8 Å². The van der Waals surface area contributed by atoms with Gasteiger partial charge in [0, 0.05) is 18.0 Å². The second kappa shape index (κ2) is 7.52. The summed E-state index contributed by atoms with van der Waals surface area (Å²) in [5.41, 5.74) is 1.27. The van der Waals surface area contributed by atoms with Gasteiger partial charge in [0.2, 0.25) is 0 Å². The van der Waals surface area contributed by atoms with Crippen molar-refractivity contribution in [1.82, 2.24) is 4.98 Å².